The van der Waals surface area contributed by atoms with Gasteiger partial charge in [-0.15, -0.1) is 0 Å². The highest BCUT2D eigenvalue weighted by Gasteiger charge is 2.23. The molecular formula is C19H19N5O4S. The number of esters is 1. The van der Waals surface area contributed by atoms with Gasteiger partial charge < -0.3 is 19.0 Å². The Labute approximate surface area is 171 Å². The molecule has 0 N–H and O–H groups in total. The van der Waals surface area contributed by atoms with Gasteiger partial charge in [0.1, 0.15) is 11.3 Å². The van der Waals surface area contributed by atoms with Gasteiger partial charge in [0.05, 0.1) is 0 Å². The van der Waals surface area contributed by atoms with Crippen molar-refractivity contribution in [2.24, 2.45) is 0 Å². The maximum absolute atomic E-state index is 12.3. The van der Waals surface area contributed by atoms with Crippen molar-refractivity contribution in [1.82, 2.24) is 19.9 Å². The molecule has 1 aromatic carbocycles. The number of hydrogen-bond donors (Lipinski definition) is 0. The van der Waals surface area contributed by atoms with Crippen molar-refractivity contribution in [3.8, 4) is 0 Å². The van der Waals surface area contributed by atoms with Crippen molar-refractivity contribution < 1.29 is 18.7 Å². The van der Waals surface area contributed by atoms with Crippen molar-refractivity contribution in [2.75, 3.05) is 43.4 Å². The number of carbonyl (C=O) groups is 2. The molecule has 0 saturated carbocycles. The fourth-order valence-corrected chi connectivity index (χ4v) is 3.56. The van der Waals surface area contributed by atoms with E-state index in [1.54, 1.807) is 23.4 Å². The second kappa shape index (κ2) is 8.91. The number of fused-ring (bicyclic) bond motifs is 1. The van der Waals surface area contributed by atoms with Gasteiger partial charge in [-0.1, -0.05) is 23.9 Å². The van der Waals surface area contributed by atoms with Crippen LogP contribution in [-0.2, 0) is 14.3 Å². The summed E-state index contributed by atoms with van der Waals surface area (Å²) in [5.41, 5.74) is 1.40. The average molecular weight is 413 g/mol. The summed E-state index contributed by atoms with van der Waals surface area (Å²) in [6.45, 7) is 2.07. The maximum Gasteiger partial charge on any atom is 0.316 e. The molecule has 0 radical (unpaired) electrons. The van der Waals surface area contributed by atoms with Crippen LogP contribution in [0.1, 0.15) is 0 Å². The van der Waals surface area contributed by atoms with Crippen LogP contribution in [-0.4, -0.2) is 70.3 Å². The van der Waals surface area contributed by atoms with Gasteiger partial charge in [0, 0.05) is 38.6 Å². The lowest BCUT2D eigenvalue weighted by Gasteiger charge is -2.34. The highest BCUT2D eigenvalue weighted by atomic mass is 32.2. The lowest BCUT2D eigenvalue weighted by molar-refractivity contribution is -0.150. The van der Waals surface area contributed by atoms with Gasteiger partial charge in [-0.2, -0.15) is 0 Å². The lowest BCUT2D eigenvalue weighted by atomic mass is 10.3. The molecule has 1 aliphatic rings. The second-order valence-electron chi connectivity index (χ2n) is 6.31. The molecule has 0 aliphatic carbocycles. The van der Waals surface area contributed by atoms with Crippen LogP contribution in [0.5, 0.6) is 0 Å². The van der Waals surface area contributed by atoms with Gasteiger partial charge in [-0.3, -0.25) is 9.59 Å². The third kappa shape index (κ3) is 4.83. The van der Waals surface area contributed by atoms with E-state index in [0.717, 1.165) is 17.3 Å². The Morgan fingerprint density at radius 3 is 2.59 bits per heavy atom. The summed E-state index contributed by atoms with van der Waals surface area (Å²) in [7, 11) is 0. The number of anilines is 1. The number of ether oxygens (including phenoxy) is 1. The molecule has 1 amide bonds. The van der Waals surface area contributed by atoms with Gasteiger partial charge >= 0.3 is 5.97 Å². The zero-order valence-electron chi connectivity index (χ0n) is 15.6. The van der Waals surface area contributed by atoms with Crippen LogP contribution in [0.3, 0.4) is 0 Å². The number of para-hydroxylation sites is 2. The zero-order chi connectivity index (χ0) is 20.1. The molecule has 150 valence electrons. The summed E-state index contributed by atoms with van der Waals surface area (Å²) in [5, 5.41) is 0.397. The molecule has 4 rings (SSSR count). The van der Waals surface area contributed by atoms with Gasteiger partial charge in [0.2, 0.25) is 5.95 Å². The fourth-order valence-electron chi connectivity index (χ4n) is 2.92. The van der Waals surface area contributed by atoms with Gasteiger partial charge in [-0.05, 0) is 18.2 Å². The van der Waals surface area contributed by atoms with E-state index >= 15 is 0 Å². The van der Waals surface area contributed by atoms with Crippen LogP contribution >= 0.6 is 11.8 Å². The Kier molecular flexibility index (Phi) is 5.89. The summed E-state index contributed by atoms with van der Waals surface area (Å²) in [5.74, 6) is -0.0119. The first kappa shape index (κ1) is 19.2. The number of hydrogen-bond acceptors (Lipinski definition) is 9. The quantitative estimate of drug-likeness (QED) is 0.440. The Bertz CT molecular complexity index is 955. The summed E-state index contributed by atoms with van der Waals surface area (Å²) < 4.78 is 10.6. The predicted molar refractivity (Wildman–Crippen MR) is 107 cm³/mol. The number of nitrogens with zero attached hydrogens (tertiary/aromatic N) is 5. The average Bonchev–Trinajstić information content (AvgIpc) is 3.20. The molecule has 10 heteroatoms. The first-order valence-corrected chi connectivity index (χ1v) is 10.1. The molecule has 0 unspecified atom stereocenters. The van der Waals surface area contributed by atoms with Gasteiger partial charge in [-0.25, -0.2) is 15.0 Å². The zero-order valence-corrected chi connectivity index (χ0v) is 16.4. The van der Waals surface area contributed by atoms with E-state index in [0.29, 0.717) is 42.9 Å². The summed E-state index contributed by atoms with van der Waals surface area (Å²) >= 11 is 1.14. The summed E-state index contributed by atoms with van der Waals surface area (Å²) in [6, 6.07) is 9.14. The molecule has 2 aromatic heterocycles. The van der Waals surface area contributed by atoms with Crippen molar-refractivity contribution in [3.05, 3.63) is 42.7 Å². The number of rotatable bonds is 6. The number of oxazole rings is 1. The Morgan fingerprint density at radius 2 is 1.83 bits per heavy atom. The number of amides is 1. The predicted octanol–water partition coefficient (Wildman–Crippen LogP) is 1.60. The Balaban J connectivity index is 1.19. The topological polar surface area (TPSA) is 102 Å². The first-order valence-electron chi connectivity index (χ1n) is 9.13. The van der Waals surface area contributed by atoms with Crippen LogP contribution < -0.4 is 4.90 Å². The maximum atomic E-state index is 12.3. The number of carbonyl (C=O) groups excluding carboxylic acids is 2. The first-order chi connectivity index (χ1) is 14.2. The molecule has 9 nitrogen and oxygen atoms in total. The van der Waals surface area contributed by atoms with Crippen LogP contribution in [0.4, 0.5) is 5.95 Å². The number of benzene rings is 1. The van der Waals surface area contributed by atoms with Crippen LogP contribution in [0.2, 0.25) is 0 Å². The van der Waals surface area contributed by atoms with E-state index in [2.05, 4.69) is 15.0 Å². The molecule has 0 spiro atoms. The van der Waals surface area contributed by atoms with Crippen molar-refractivity contribution in [3.63, 3.8) is 0 Å². The van der Waals surface area contributed by atoms with Crippen LogP contribution in [0, 0.1) is 0 Å². The smallest absolute Gasteiger partial charge is 0.316 e. The van der Waals surface area contributed by atoms with E-state index in [1.807, 2.05) is 29.2 Å². The Hall–Kier alpha value is -3.14. The Morgan fingerprint density at radius 1 is 1.07 bits per heavy atom. The lowest BCUT2D eigenvalue weighted by Crippen LogP contribution is -2.50. The highest BCUT2D eigenvalue weighted by Crippen LogP contribution is 2.23. The minimum Gasteiger partial charge on any atom is -0.455 e. The summed E-state index contributed by atoms with van der Waals surface area (Å²) in [4.78, 5) is 40.7. The van der Waals surface area contributed by atoms with Crippen LogP contribution in [0.25, 0.3) is 11.1 Å². The van der Waals surface area contributed by atoms with Crippen LogP contribution in [0.15, 0.2) is 52.4 Å². The van der Waals surface area contributed by atoms with E-state index in [4.69, 9.17) is 9.15 Å². The van der Waals surface area contributed by atoms with E-state index in [1.165, 1.54) is 0 Å². The molecule has 0 bridgehead atoms. The number of thioether (sulfide) groups is 1. The fraction of sp³-hybridized carbons (Fsp3) is 0.316. The molecular weight excluding hydrogens is 394 g/mol. The van der Waals surface area contributed by atoms with E-state index in [-0.39, 0.29) is 18.3 Å². The third-order valence-corrected chi connectivity index (χ3v) is 5.21. The standard InChI is InChI=1S/C19H19N5O4S/c25-16(23-8-10-24(11-9-23)18-20-6-3-7-21-18)12-27-17(26)13-29-19-22-14-4-1-2-5-15(14)28-19/h1-7H,8-13H2. The number of piperazine rings is 1. The molecule has 1 fully saturated rings. The largest absolute Gasteiger partial charge is 0.455 e. The molecule has 1 aliphatic heterocycles. The number of aromatic nitrogens is 3. The van der Waals surface area contributed by atoms with Gasteiger partial charge in [0.15, 0.2) is 12.2 Å². The molecule has 0 atom stereocenters. The van der Waals surface area contributed by atoms with Crippen molar-refractivity contribution in [1.29, 1.82) is 0 Å². The monoisotopic (exact) mass is 413 g/mol. The summed E-state index contributed by atoms with van der Waals surface area (Å²) in [6.07, 6.45) is 3.39. The molecule has 3 heterocycles. The minimum absolute atomic E-state index is 0.0270. The van der Waals surface area contributed by atoms with Crippen molar-refractivity contribution in [2.45, 2.75) is 5.22 Å². The van der Waals surface area contributed by atoms with E-state index in [9.17, 15) is 9.59 Å². The van der Waals surface area contributed by atoms with E-state index < -0.39 is 5.97 Å². The third-order valence-electron chi connectivity index (χ3n) is 4.41. The minimum atomic E-state index is -0.484. The molecule has 1 saturated heterocycles. The highest BCUT2D eigenvalue weighted by molar-refractivity contribution is 7.99. The normalized spacial score (nSPS) is 14.2. The van der Waals surface area contributed by atoms with Gasteiger partial charge in [0.25, 0.3) is 11.1 Å². The SMILES string of the molecule is O=C(CSc1nc2ccccc2o1)OCC(=O)N1CCN(c2ncccn2)CC1. The van der Waals surface area contributed by atoms with Crippen molar-refractivity contribution >= 4 is 40.7 Å². The second-order valence-corrected chi connectivity index (χ2v) is 7.24. The molecule has 3 aromatic rings. The molecule has 29 heavy (non-hydrogen) atoms.